The van der Waals surface area contributed by atoms with Crippen molar-refractivity contribution in [1.82, 2.24) is 4.57 Å². The van der Waals surface area contributed by atoms with Gasteiger partial charge in [0.1, 0.15) is 5.58 Å². The molecule has 10 aromatic carbocycles. The predicted molar refractivity (Wildman–Crippen MR) is 252 cm³/mol. The predicted octanol–water partition coefficient (Wildman–Crippen LogP) is 16.1. The zero-order chi connectivity index (χ0) is 39.5. The Bertz CT molecular complexity index is 3690. The van der Waals surface area contributed by atoms with E-state index in [-0.39, 0.29) is 0 Å². The Morgan fingerprint density at radius 2 is 1.00 bits per heavy atom. The fourth-order valence-electron chi connectivity index (χ4n) is 9.85. The Balaban J connectivity index is 0.948. The van der Waals surface area contributed by atoms with Crippen LogP contribution in [0.3, 0.4) is 0 Å². The van der Waals surface area contributed by atoms with Gasteiger partial charge in [0.2, 0.25) is 0 Å². The molecule has 0 radical (unpaired) electrons. The zero-order valence-corrected chi connectivity index (χ0v) is 32.9. The number of para-hydroxylation sites is 4. The van der Waals surface area contributed by atoms with Gasteiger partial charge in [-0.1, -0.05) is 121 Å². The molecule has 0 aliphatic heterocycles. The van der Waals surface area contributed by atoms with Crippen LogP contribution in [0.15, 0.2) is 205 Å². The Labute approximate surface area is 346 Å². The molecule has 3 heteroatoms. The van der Waals surface area contributed by atoms with Gasteiger partial charge >= 0.3 is 0 Å². The fourth-order valence-corrected chi connectivity index (χ4v) is 9.85. The van der Waals surface area contributed by atoms with Crippen molar-refractivity contribution >= 4 is 82.4 Å². The highest BCUT2D eigenvalue weighted by Crippen LogP contribution is 2.52. The second-order valence-corrected chi connectivity index (χ2v) is 16.2. The van der Waals surface area contributed by atoms with E-state index in [0.29, 0.717) is 0 Å². The summed E-state index contributed by atoms with van der Waals surface area (Å²) in [5, 5.41) is 9.71. The molecule has 0 amide bonds. The highest BCUT2D eigenvalue weighted by Gasteiger charge is 2.26. The number of aryl methyl sites for hydroxylation is 1. The molecule has 0 N–H and O–H groups in total. The molecule has 1 aliphatic carbocycles. The number of nitrogens with zero attached hydrogens (tertiary/aromatic N) is 2. The summed E-state index contributed by atoms with van der Waals surface area (Å²) in [5.74, 6) is 0. The molecular formula is C57H36N2O. The Morgan fingerprint density at radius 3 is 1.73 bits per heavy atom. The SMILES string of the molecule is Cc1ccc(-c2ccccc2)cc1N(c1ccc2cc3c(cc2c1)-c1cc2ccc(-n4c5ccccc5c5ccccc54)cc2cc1-3)c1cccc2c1oc1ccccc12. The normalized spacial score (nSPS) is 12.1. The molecular weight excluding hydrogens is 729 g/mol. The maximum absolute atomic E-state index is 6.69. The number of anilines is 3. The lowest BCUT2D eigenvalue weighted by Gasteiger charge is -2.29. The average Bonchev–Trinajstić information content (AvgIpc) is 3.85. The van der Waals surface area contributed by atoms with Crippen molar-refractivity contribution in [2.75, 3.05) is 4.90 Å². The number of hydrogen-bond donors (Lipinski definition) is 0. The molecule has 0 unspecified atom stereocenters. The van der Waals surface area contributed by atoms with Gasteiger partial charge in [0.15, 0.2) is 5.58 Å². The minimum Gasteiger partial charge on any atom is -0.454 e. The van der Waals surface area contributed by atoms with Crippen molar-refractivity contribution in [2.45, 2.75) is 6.92 Å². The molecule has 2 heterocycles. The van der Waals surface area contributed by atoms with Gasteiger partial charge < -0.3 is 13.9 Å². The number of furan rings is 1. The Kier molecular flexibility index (Phi) is 6.93. The lowest BCUT2D eigenvalue weighted by Crippen LogP contribution is -2.12. The van der Waals surface area contributed by atoms with Crippen LogP contribution in [0.4, 0.5) is 17.1 Å². The fraction of sp³-hybridized carbons (Fsp3) is 0.0175. The van der Waals surface area contributed by atoms with Gasteiger partial charge in [-0.2, -0.15) is 0 Å². The molecule has 0 bridgehead atoms. The van der Waals surface area contributed by atoms with Gasteiger partial charge in [0.05, 0.1) is 16.7 Å². The van der Waals surface area contributed by atoms with Crippen LogP contribution in [0, 0.1) is 6.92 Å². The number of hydrogen-bond acceptors (Lipinski definition) is 2. The van der Waals surface area contributed by atoms with Gasteiger partial charge in [-0.15, -0.1) is 0 Å². The van der Waals surface area contributed by atoms with E-state index in [0.717, 1.165) is 39.0 Å². The van der Waals surface area contributed by atoms with Crippen LogP contribution in [-0.2, 0) is 0 Å². The molecule has 0 atom stereocenters. The second kappa shape index (κ2) is 12.6. The highest BCUT2D eigenvalue weighted by atomic mass is 16.3. The van der Waals surface area contributed by atoms with E-state index in [9.17, 15) is 0 Å². The number of rotatable bonds is 5. The monoisotopic (exact) mass is 764 g/mol. The van der Waals surface area contributed by atoms with E-state index >= 15 is 0 Å². The topological polar surface area (TPSA) is 21.3 Å². The van der Waals surface area contributed by atoms with Crippen LogP contribution < -0.4 is 4.90 Å². The van der Waals surface area contributed by atoms with Gasteiger partial charge in [0.25, 0.3) is 0 Å². The summed E-state index contributed by atoms with van der Waals surface area (Å²) in [7, 11) is 0. The van der Waals surface area contributed by atoms with Gasteiger partial charge in [-0.3, -0.25) is 0 Å². The number of benzene rings is 10. The third kappa shape index (κ3) is 4.84. The van der Waals surface area contributed by atoms with E-state index in [1.165, 1.54) is 88.0 Å². The van der Waals surface area contributed by atoms with Crippen molar-refractivity contribution in [3.8, 4) is 39.1 Å². The van der Waals surface area contributed by atoms with E-state index in [1.54, 1.807) is 0 Å². The third-order valence-electron chi connectivity index (χ3n) is 12.8. The van der Waals surface area contributed by atoms with Crippen LogP contribution in [0.5, 0.6) is 0 Å². The van der Waals surface area contributed by atoms with E-state index in [1.807, 2.05) is 6.07 Å². The van der Waals surface area contributed by atoms with Gasteiger partial charge in [-0.05, 0) is 146 Å². The summed E-state index contributed by atoms with van der Waals surface area (Å²) in [6.45, 7) is 2.20. The average molecular weight is 765 g/mol. The van der Waals surface area contributed by atoms with Crippen LogP contribution in [0.25, 0.3) is 104 Å². The van der Waals surface area contributed by atoms with E-state index in [4.69, 9.17) is 4.42 Å². The van der Waals surface area contributed by atoms with Gasteiger partial charge in [-0.25, -0.2) is 0 Å². The molecule has 1 aliphatic rings. The number of fused-ring (bicyclic) bond motifs is 12. The minimum atomic E-state index is 0.877. The minimum absolute atomic E-state index is 0.877. The quantitative estimate of drug-likeness (QED) is 0.174. The standard InChI is InChI=1S/C57H36N2O/c1-35-22-23-39(36-12-3-2-4-13-36)34-55(35)59(54-20-11-17-47-46-16-7-10-21-56(46)60-57(47)54)43-27-25-38-31-49-50-32-40-28-42(26-24-37(40)30-48(50)51(49)33-41(38)29-43)58-52-18-8-5-14-44(52)45-15-6-9-19-53(45)58/h2-34H,1H3. The Hall–Kier alpha value is -7.88. The maximum atomic E-state index is 6.69. The largest absolute Gasteiger partial charge is 0.454 e. The van der Waals surface area contributed by atoms with E-state index in [2.05, 4.69) is 211 Å². The summed E-state index contributed by atoms with van der Waals surface area (Å²) < 4.78 is 9.09. The van der Waals surface area contributed by atoms with Crippen molar-refractivity contribution in [2.24, 2.45) is 0 Å². The first kappa shape index (κ1) is 33.1. The molecule has 60 heavy (non-hydrogen) atoms. The van der Waals surface area contributed by atoms with Crippen molar-refractivity contribution < 1.29 is 4.42 Å². The summed E-state index contributed by atoms with van der Waals surface area (Å²) in [6, 6.07) is 73.1. The first-order chi connectivity index (χ1) is 29.6. The first-order valence-electron chi connectivity index (χ1n) is 20.7. The Morgan fingerprint density at radius 1 is 0.400 bits per heavy atom. The molecule has 3 nitrogen and oxygen atoms in total. The molecule has 0 saturated carbocycles. The lowest BCUT2D eigenvalue weighted by molar-refractivity contribution is 0.669. The molecule has 0 fully saturated rings. The summed E-state index contributed by atoms with van der Waals surface area (Å²) >= 11 is 0. The lowest BCUT2D eigenvalue weighted by atomic mass is 9.78. The number of aromatic nitrogens is 1. The molecule has 280 valence electrons. The molecule has 0 saturated heterocycles. The summed E-state index contributed by atoms with van der Waals surface area (Å²) in [6.07, 6.45) is 0. The van der Waals surface area contributed by atoms with Crippen LogP contribution in [-0.4, -0.2) is 4.57 Å². The summed E-state index contributed by atoms with van der Waals surface area (Å²) in [4.78, 5) is 2.39. The van der Waals surface area contributed by atoms with Crippen LogP contribution >= 0.6 is 0 Å². The van der Waals surface area contributed by atoms with Crippen LogP contribution in [0.1, 0.15) is 5.56 Å². The smallest absolute Gasteiger partial charge is 0.159 e. The second-order valence-electron chi connectivity index (χ2n) is 16.2. The first-order valence-corrected chi connectivity index (χ1v) is 20.7. The van der Waals surface area contributed by atoms with Crippen LogP contribution in [0.2, 0.25) is 0 Å². The van der Waals surface area contributed by atoms with Crippen molar-refractivity contribution in [3.63, 3.8) is 0 Å². The van der Waals surface area contributed by atoms with Gasteiger partial charge in [0, 0.05) is 38.6 Å². The molecule has 2 aromatic heterocycles. The molecule has 13 rings (SSSR count). The molecule has 12 aromatic rings. The van der Waals surface area contributed by atoms with E-state index < -0.39 is 0 Å². The molecule has 0 spiro atoms. The third-order valence-corrected chi connectivity index (χ3v) is 12.8. The van der Waals surface area contributed by atoms with Crippen molar-refractivity contribution in [3.05, 3.63) is 206 Å². The zero-order valence-electron chi connectivity index (χ0n) is 32.9. The maximum Gasteiger partial charge on any atom is 0.159 e. The summed E-state index contributed by atoms with van der Waals surface area (Å²) in [5.41, 5.74) is 17.4. The highest BCUT2D eigenvalue weighted by molar-refractivity contribution is 6.14. The van der Waals surface area contributed by atoms with Crippen molar-refractivity contribution in [1.29, 1.82) is 0 Å².